The van der Waals surface area contributed by atoms with Crippen LogP contribution in [0.3, 0.4) is 0 Å². The number of anilines is 1. The summed E-state index contributed by atoms with van der Waals surface area (Å²) >= 11 is 0. The van der Waals surface area contributed by atoms with Crippen molar-refractivity contribution in [2.45, 2.75) is 37.6 Å². The molecule has 7 nitrogen and oxygen atoms in total. The molecule has 0 N–H and O–H groups in total. The Morgan fingerprint density at radius 2 is 1.77 bits per heavy atom. The number of piperazine rings is 1. The fourth-order valence-electron chi connectivity index (χ4n) is 4.52. The zero-order chi connectivity index (χ0) is 18.1. The Hall–Kier alpha value is -2.15. The molecule has 3 fully saturated rings. The Labute approximate surface area is 154 Å². The zero-order valence-electron chi connectivity index (χ0n) is 15.4. The summed E-state index contributed by atoms with van der Waals surface area (Å²) in [6.45, 7) is 3.76. The normalized spacial score (nSPS) is 24.0. The van der Waals surface area contributed by atoms with E-state index in [1.165, 1.54) is 4.90 Å². The van der Waals surface area contributed by atoms with Crippen molar-refractivity contribution in [2.24, 2.45) is 0 Å². The van der Waals surface area contributed by atoms with E-state index in [1.54, 1.807) is 11.9 Å². The first-order chi connectivity index (χ1) is 12.6. The number of urea groups is 1. The van der Waals surface area contributed by atoms with Gasteiger partial charge in [0.05, 0.1) is 6.67 Å². The maximum absolute atomic E-state index is 13.1. The summed E-state index contributed by atoms with van der Waals surface area (Å²) in [6, 6.07) is 5.80. The van der Waals surface area contributed by atoms with Gasteiger partial charge < -0.3 is 9.80 Å². The van der Waals surface area contributed by atoms with Gasteiger partial charge in [-0.15, -0.1) is 0 Å². The SMILES string of the molecule is CN1C(=O)N(CN2CCN(c3ccccn3)CC2)C(=O)C12CCCCC2. The van der Waals surface area contributed by atoms with Gasteiger partial charge >= 0.3 is 6.03 Å². The number of carbonyl (C=O) groups excluding carboxylic acids is 2. The van der Waals surface area contributed by atoms with Crippen LogP contribution in [0.25, 0.3) is 0 Å². The molecule has 1 aromatic heterocycles. The number of imide groups is 1. The summed E-state index contributed by atoms with van der Waals surface area (Å²) in [5.74, 6) is 0.998. The molecule has 3 amide bonds. The third-order valence-corrected chi connectivity index (χ3v) is 6.17. The van der Waals surface area contributed by atoms with E-state index in [9.17, 15) is 9.59 Å². The van der Waals surface area contributed by atoms with Crippen molar-refractivity contribution in [3.8, 4) is 0 Å². The lowest BCUT2D eigenvalue weighted by molar-refractivity contribution is -0.135. The molecule has 0 aromatic carbocycles. The third-order valence-electron chi connectivity index (χ3n) is 6.17. The molecule has 1 saturated carbocycles. The van der Waals surface area contributed by atoms with Gasteiger partial charge in [-0.25, -0.2) is 14.7 Å². The number of likely N-dealkylation sites (N-methyl/N-ethyl adjacent to an activating group) is 1. The van der Waals surface area contributed by atoms with Gasteiger partial charge in [-0.2, -0.15) is 0 Å². The molecule has 0 radical (unpaired) electrons. The fraction of sp³-hybridized carbons (Fsp3) is 0.632. The lowest BCUT2D eigenvalue weighted by Gasteiger charge is -2.37. The number of hydrogen-bond donors (Lipinski definition) is 0. The topological polar surface area (TPSA) is 60.0 Å². The molecule has 1 spiro atoms. The van der Waals surface area contributed by atoms with E-state index in [0.717, 1.165) is 64.1 Å². The van der Waals surface area contributed by atoms with Gasteiger partial charge in [0, 0.05) is 39.4 Å². The van der Waals surface area contributed by atoms with Crippen molar-refractivity contribution >= 4 is 17.8 Å². The highest BCUT2D eigenvalue weighted by Gasteiger charge is 2.55. The van der Waals surface area contributed by atoms with Gasteiger partial charge in [-0.3, -0.25) is 9.69 Å². The largest absolute Gasteiger partial charge is 0.354 e. The molecular weight excluding hydrogens is 330 g/mol. The molecule has 0 atom stereocenters. The summed E-state index contributed by atoms with van der Waals surface area (Å²) in [7, 11) is 1.80. The number of carbonyl (C=O) groups is 2. The first kappa shape index (κ1) is 17.3. The van der Waals surface area contributed by atoms with E-state index < -0.39 is 5.54 Å². The summed E-state index contributed by atoms with van der Waals surface area (Å²) in [5, 5.41) is 0. The van der Waals surface area contributed by atoms with Gasteiger partial charge in [-0.1, -0.05) is 25.3 Å². The first-order valence-corrected chi connectivity index (χ1v) is 9.60. The van der Waals surface area contributed by atoms with Gasteiger partial charge in [0.2, 0.25) is 0 Å². The molecule has 3 heterocycles. The van der Waals surface area contributed by atoms with Crippen LogP contribution >= 0.6 is 0 Å². The smallest absolute Gasteiger partial charge is 0.328 e. The summed E-state index contributed by atoms with van der Waals surface area (Å²) in [6.07, 6.45) is 6.63. The lowest BCUT2D eigenvalue weighted by Crippen LogP contribution is -2.52. The van der Waals surface area contributed by atoms with Crippen molar-refractivity contribution in [3.63, 3.8) is 0 Å². The average molecular weight is 357 g/mol. The molecule has 3 aliphatic rings. The number of nitrogens with zero attached hydrogens (tertiary/aromatic N) is 5. The second kappa shape index (κ2) is 6.87. The number of amides is 3. The predicted molar refractivity (Wildman–Crippen MR) is 98.7 cm³/mol. The highest BCUT2D eigenvalue weighted by atomic mass is 16.2. The predicted octanol–water partition coefficient (Wildman–Crippen LogP) is 1.76. The quantitative estimate of drug-likeness (QED) is 0.772. The van der Waals surface area contributed by atoms with Crippen LogP contribution in [0.1, 0.15) is 32.1 Å². The van der Waals surface area contributed by atoms with E-state index in [-0.39, 0.29) is 11.9 Å². The number of rotatable bonds is 3. The molecule has 4 rings (SSSR count). The Kier molecular flexibility index (Phi) is 4.56. The molecule has 26 heavy (non-hydrogen) atoms. The highest BCUT2D eigenvalue weighted by molar-refractivity contribution is 6.06. The lowest BCUT2D eigenvalue weighted by atomic mass is 9.81. The van der Waals surface area contributed by atoms with Crippen molar-refractivity contribution in [1.82, 2.24) is 19.7 Å². The van der Waals surface area contributed by atoms with Crippen LogP contribution in [0.15, 0.2) is 24.4 Å². The van der Waals surface area contributed by atoms with E-state index in [0.29, 0.717) is 6.67 Å². The number of pyridine rings is 1. The average Bonchev–Trinajstić information content (AvgIpc) is 2.86. The van der Waals surface area contributed by atoms with Gasteiger partial charge in [0.25, 0.3) is 5.91 Å². The monoisotopic (exact) mass is 357 g/mol. The Bertz CT molecular complexity index is 666. The van der Waals surface area contributed by atoms with Gasteiger partial charge in [-0.05, 0) is 25.0 Å². The summed E-state index contributed by atoms with van der Waals surface area (Å²) < 4.78 is 0. The molecule has 2 aliphatic heterocycles. The summed E-state index contributed by atoms with van der Waals surface area (Å²) in [5.41, 5.74) is -0.578. The Balaban J connectivity index is 1.39. The maximum Gasteiger partial charge on any atom is 0.328 e. The molecular formula is C19H27N5O2. The van der Waals surface area contributed by atoms with Crippen LogP contribution in [-0.4, -0.2) is 77.1 Å². The number of aromatic nitrogens is 1. The molecule has 7 heteroatoms. The van der Waals surface area contributed by atoms with Crippen LogP contribution in [0.4, 0.5) is 10.6 Å². The van der Waals surface area contributed by atoms with E-state index in [4.69, 9.17) is 0 Å². The third kappa shape index (κ3) is 2.84. The molecule has 0 unspecified atom stereocenters. The van der Waals surface area contributed by atoms with Crippen LogP contribution in [0, 0.1) is 0 Å². The van der Waals surface area contributed by atoms with Crippen LogP contribution < -0.4 is 4.90 Å². The van der Waals surface area contributed by atoms with Crippen LogP contribution in [-0.2, 0) is 4.79 Å². The summed E-state index contributed by atoms with van der Waals surface area (Å²) in [4.78, 5) is 37.8. The van der Waals surface area contributed by atoms with E-state index in [1.807, 2.05) is 24.4 Å². The molecule has 1 aliphatic carbocycles. The molecule has 0 bridgehead atoms. The van der Waals surface area contributed by atoms with E-state index >= 15 is 0 Å². The minimum atomic E-state index is -0.578. The van der Waals surface area contributed by atoms with Gasteiger partial charge in [0.1, 0.15) is 11.4 Å². The fourth-order valence-corrected chi connectivity index (χ4v) is 4.52. The minimum absolute atomic E-state index is 0.0110. The second-order valence-electron chi connectivity index (χ2n) is 7.60. The van der Waals surface area contributed by atoms with Crippen molar-refractivity contribution < 1.29 is 9.59 Å². The van der Waals surface area contributed by atoms with Crippen molar-refractivity contribution in [3.05, 3.63) is 24.4 Å². The van der Waals surface area contributed by atoms with Crippen LogP contribution in [0.2, 0.25) is 0 Å². The zero-order valence-corrected chi connectivity index (χ0v) is 15.4. The molecule has 1 aromatic rings. The minimum Gasteiger partial charge on any atom is -0.354 e. The maximum atomic E-state index is 13.1. The molecule has 2 saturated heterocycles. The van der Waals surface area contributed by atoms with Gasteiger partial charge in [0.15, 0.2) is 0 Å². The molecule has 140 valence electrons. The second-order valence-corrected chi connectivity index (χ2v) is 7.60. The standard InChI is InChI=1S/C19H27N5O2/c1-21-18(26)24(17(25)19(21)8-4-2-5-9-19)15-22-11-13-23(14-12-22)16-7-3-6-10-20-16/h3,6-7,10H,2,4-5,8-9,11-15H2,1H3. The highest BCUT2D eigenvalue weighted by Crippen LogP contribution is 2.39. The van der Waals surface area contributed by atoms with E-state index in [2.05, 4.69) is 14.8 Å². The Morgan fingerprint density at radius 3 is 2.42 bits per heavy atom. The number of hydrogen-bond acceptors (Lipinski definition) is 5. The van der Waals surface area contributed by atoms with Crippen molar-refractivity contribution in [2.75, 3.05) is 44.8 Å². The van der Waals surface area contributed by atoms with Crippen molar-refractivity contribution in [1.29, 1.82) is 0 Å². The Morgan fingerprint density at radius 1 is 1.04 bits per heavy atom. The first-order valence-electron chi connectivity index (χ1n) is 9.60. The van der Waals surface area contributed by atoms with Crippen LogP contribution in [0.5, 0.6) is 0 Å².